The van der Waals surface area contributed by atoms with Gasteiger partial charge in [-0.15, -0.1) is 0 Å². The number of carbonyl (C=O) groups is 1. The lowest BCUT2D eigenvalue weighted by Crippen LogP contribution is -2.49. The largest absolute Gasteiger partial charge is 0.354 e. The molecule has 0 spiro atoms. The van der Waals surface area contributed by atoms with Crippen LogP contribution in [-0.2, 0) is 11.2 Å². The van der Waals surface area contributed by atoms with Crippen molar-refractivity contribution >= 4 is 22.5 Å². The van der Waals surface area contributed by atoms with E-state index in [0.29, 0.717) is 12.3 Å². The van der Waals surface area contributed by atoms with Crippen molar-refractivity contribution in [2.24, 2.45) is 5.92 Å². The van der Waals surface area contributed by atoms with E-state index in [2.05, 4.69) is 45.1 Å². The van der Waals surface area contributed by atoms with Crippen molar-refractivity contribution in [3.63, 3.8) is 0 Å². The smallest absolute Gasteiger partial charge is 0.227 e. The Balaban J connectivity index is 0.00000259. The number of piperidine rings is 1. The fourth-order valence-electron chi connectivity index (χ4n) is 5.02. The Morgan fingerprint density at radius 1 is 0.909 bits per heavy atom. The van der Waals surface area contributed by atoms with E-state index in [1.165, 1.54) is 10.8 Å². The third kappa shape index (κ3) is 5.50. The summed E-state index contributed by atoms with van der Waals surface area (Å²) < 4.78 is 0. The van der Waals surface area contributed by atoms with Gasteiger partial charge in [-0.1, -0.05) is 37.8 Å². The van der Waals surface area contributed by atoms with Crippen molar-refractivity contribution in [1.29, 1.82) is 0 Å². The second-order valence-electron chi connectivity index (χ2n) is 9.01. The molecule has 2 aliphatic rings. The van der Waals surface area contributed by atoms with E-state index in [-0.39, 0.29) is 13.3 Å². The number of likely N-dealkylation sites (tertiary alicyclic amines) is 1. The van der Waals surface area contributed by atoms with Crippen LogP contribution in [0.15, 0.2) is 61.1 Å². The first-order chi connectivity index (χ1) is 15.8. The Morgan fingerprint density at radius 2 is 1.70 bits per heavy atom. The van der Waals surface area contributed by atoms with E-state index in [1.807, 2.05) is 23.2 Å². The maximum absolute atomic E-state index is 12.6. The van der Waals surface area contributed by atoms with Crippen LogP contribution >= 0.6 is 0 Å². The Labute approximate surface area is 197 Å². The van der Waals surface area contributed by atoms with Crippen molar-refractivity contribution < 1.29 is 4.79 Å². The van der Waals surface area contributed by atoms with Crippen LogP contribution in [0.2, 0.25) is 0 Å². The summed E-state index contributed by atoms with van der Waals surface area (Å²) in [4.78, 5) is 28.5. The van der Waals surface area contributed by atoms with Crippen LogP contribution in [-0.4, -0.2) is 71.5 Å². The van der Waals surface area contributed by atoms with Gasteiger partial charge >= 0.3 is 0 Å². The Kier molecular flexibility index (Phi) is 7.55. The molecule has 3 aromatic rings. The molecule has 33 heavy (non-hydrogen) atoms. The molecular formula is C27H35N5O. The van der Waals surface area contributed by atoms with Gasteiger partial charge < -0.3 is 9.80 Å². The minimum Gasteiger partial charge on any atom is -0.354 e. The molecule has 0 N–H and O–H groups in total. The number of hydrogen-bond acceptors (Lipinski definition) is 5. The van der Waals surface area contributed by atoms with Gasteiger partial charge in [0.05, 0.1) is 6.42 Å². The van der Waals surface area contributed by atoms with E-state index < -0.39 is 0 Å². The van der Waals surface area contributed by atoms with Crippen LogP contribution in [0.25, 0.3) is 10.8 Å². The number of amides is 1. The predicted molar refractivity (Wildman–Crippen MR) is 134 cm³/mol. The standard InChI is InChI=1S/C26H31N5O.CH4/c32-25(18-22-4-3-10-27-19-22)30-12-8-21(9-13-30)20-29-14-16-31(17-15-29)26-24-6-2-1-5-23(24)7-11-28-26;/h1-7,10-11,19,21H,8-9,12-18,20H2;1H4. The number of hydrogen-bond donors (Lipinski definition) is 0. The zero-order chi connectivity index (χ0) is 21.8. The normalized spacial score (nSPS) is 17.7. The first kappa shape index (κ1) is 23.2. The molecule has 1 amide bonds. The molecule has 174 valence electrons. The maximum Gasteiger partial charge on any atom is 0.227 e. The lowest BCUT2D eigenvalue weighted by molar-refractivity contribution is -0.131. The quantitative estimate of drug-likeness (QED) is 0.597. The summed E-state index contributed by atoms with van der Waals surface area (Å²) in [6, 6.07) is 14.5. The number of piperazine rings is 1. The van der Waals surface area contributed by atoms with Crippen molar-refractivity contribution in [3.8, 4) is 0 Å². The average Bonchev–Trinajstić information content (AvgIpc) is 2.85. The fourth-order valence-corrected chi connectivity index (χ4v) is 5.02. The molecule has 5 rings (SSSR count). The molecule has 2 aromatic heterocycles. The molecule has 2 saturated heterocycles. The molecule has 2 aliphatic heterocycles. The summed E-state index contributed by atoms with van der Waals surface area (Å²) >= 11 is 0. The number of carbonyl (C=O) groups excluding carboxylic acids is 1. The summed E-state index contributed by atoms with van der Waals surface area (Å²) in [7, 11) is 0. The molecule has 0 saturated carbocycles. The van der Waals surface area contributed by atoms with Crippen LogP contribution in [0, 0.1) is 5.92 Å². The zero-order valence-electron chi connectivity index (χ0n) is 18.6. The number of anilines is 1. The molecule has 4 heterocycles. The van der Waals surface area contributed by atoms with E-state index in [0.717, 1.165) is 70.0 Å². The van der Waals surface area contributed by atoms with E-state index in [1.54, 1.807) is 12.4 Å². The first-order valence-corrected chi connectivity index (χ1v) is 11.7. The second-order valence-corrected chi connectivity index (χ2v) is 9.01. The molecule has 6 heteroatoms. The lowest BCUT2D eigenvalue weighted by Gasteiger charge is -2.39. The lowest BCUT2D eigenvalue weighted by atomic mass is 9.95. The van der Waals surface area contributed by atoms with Crippen LogP contribution in [0.3, 0.4) is 0 Å². The minimum absolute atomic E-state index is 0. The van der Waals surface area contributed by atoms with Gasteiger partial charge in [-0.3, -0.25) is 14.7 Å². The third-order valence-corrected chi connectivity index (χ3v) is 6.89. The highest BCUT2D eigenvalue weighted by atomic mass is 16.2. The van der Waals surface area contributed by atoms with Gasteiger partial charge in [0.25, 0.3) is 0 Å². The van der Waals surface area contributed by atoms with Crippen LogP contribution < -0.4 is 4.90 Å². The van der Waals surface area contributed by atoms with E-state index in [4.69, 9.17) is 4.98 Å². The number of rotatable bonds is 5. The highest BCUT2D eigenvalue weighted by Gasteiger charge is 2.26. The second kappa shape index (κ2) is 10.8. The van der Waals surface area contributed by atoms with Gasteiger partial charge in [0.2, 0.25) is 5.91 Å². The minimum atomic E-state index is 0. The van der Waals surface area contributed by atoms with Crippen molar-refractivity contribution in [1.82, 2.24) is 19.8 Å². The summed E-state index contributed by atoms with van der Waals surface area (Å²) in [5.41, 5.74) is 0.998. The van der Waals surface area contributed by atoms with E-state index in [9.17, 15) is 4.79 Å². The summed E-state index contributed by atoms with van der Waals surface area (Å²) in [6.45, 7) is 7.08. The molecular weight excluding hydrogens is 410 g/mol. The topological polar surface area (TPSA) is 52.6 Å². The van der Waals surface area contributed by atoms with Gasteiger partial charge in [0.15, 0.2) is 0 Å². The molecule has 6 nitrogen and oxygen atoms in total. The number of nitrogens with zero attached hydrogens (tertiary/aromatic N) is 5. The van der Waals surface area contributed by atoms with E-state index >= 15 is 0 Å². The molecule has 0 radical (unpaired) electrons. The summed E-state index contributed by atoms with van der Waals surface area (Å²) in [6.07, 6.45) is 8.12. The van der Waals surface area contributed by atoms with Gasteiger partial charge in [-0.05, 0) is 41.8 Å². The SMILES string of the molecule is C.O=C(Cc1cccnc1)N1CCC(CN2CCN(c3nccc4ccccc34)CC2)CC1. The van der Waals surface area contributed by atoms with Crippen LogP contribution in [0.1, 0.15) is 25.8 Å². The van der Waals surface area contributed by atoms with Crippen molar-refractivity contribution in [2.75, 3.05) is 50.7 Å². The Hall–Kier alpha value is -2.99. The monoisotopic (exact) mass is 445 g/mol. The van der Waals surface area contributed by atoms with Gasteiger partial charge in [0.1, 0.15) is 5.82 Å². The third-order valence-electron chi connectivity index (χ3n) is 6.89. The molecule has 0 atom stereocenters. The predicted octanol–water partition coefficient (Wildman–Crippen LogP) is 3.87. The van der Waals surface area contributed by atoms with Gasteiger partial charge in [0, 0.05) is 69.8 Å². The van der Waals surface area contributed by atoms with Gasteiger partial charge in [-0.2, -0.15) is 0 Å². The first-order valence-electron chi connectivity index (χ1n) is 11.7. The van der Waals surface area contributed by atoms with Gasteiger partial charge in [-0.25, -0.2) is 4.98 Å². The molecule has 2 fully saturated rings. The zero-order valence-corrected chi connectivity index (χ0v) is 18.6. The van der Waals surface area contributed by atoms with Crippen molar-refractivity contribution in [3.05, 3.63) is 66.6 Å². The maximum atomic E-state index is 12.6. The number of fused-ring (bicyclic) bond motifs is 1. The average molecular weight is 446 g/mol. The van der Waals surface area contributed by atoms with Crippen molar-refractivity contribution in [2.45, 2.75) is 26.7 Å². The summed E-state index contributed by atoms with van der Waals surface area (Å²) in [5, 5.41) is 2.50. The van der Waals surface area contributed by atoms with Crippen LogP contribution in [0.4, 0.5) is 5.82 Å². The highest BCUT2D eigenvalue weighted by Crippen LogP contribution is 2.26. The molecule has 0 bridgehead atoms. The highest BCUT2D eigenvalue weighted by molar-refractivity contribution is 5.92. The Morgan fingerprint density at radius 3 is 2.45 bits per heavy atom. The summed E-state index contributed by atoms with van der Waals surface area (Å²) in [5.74, 6) is 2.02. The molecule has 0 aliphatic carbocycles. The van der Waals surface area contributed by atoms with Crippen LogP contribution in [0.5, 0.6) is 0 Å². The Bertz CT molecular complexity index is 1040. The fraction of sp³-hybridized carbons (Fsp3) is 0.444. The molecule has 1 aromatic carbocycles. The molecule has 0 unspecified atom stereocenters. The number of pyridine rings is 2. The number of benzene rings is 1. The number of aromatic nitrogens is 2.